The van der Waals surface area contributed by atoms with Gasteiger partial charge in [-0.2, -0.15) is 5.10 Å². The van der Waals surface area contributed by atoms with Crippen LogP contribution in [0.1, 0.15) is 20.8 Å². The number of hydrogen-bond donors (Lipinski definition) is 1. The molecule has 6 nitrogen and oxygen atoms in total. The smallest absolute Gasteiger partial charge is 0.182 e. The highest BCUT2D eigenvalue weighted by Gasteiger charge is 2.29. The molecule has 0 aliphatic carbocycles. The van der Waals surface area contributed by atoms with Gasteiger partial charge in [-0.25, -0.2) is 13.1 Å². The molecule has 0 unspecified atom stereocenters. The Bertz CT molecular complexity index is 523. The zero-order valence-corrected chi connectivity index (χ0v) is 12.0. The summed E-state index contributed by atoms with van der Waals surface area (Å²) in [6, 6.07) is 0. The molecular formula is C10H20N4O2S. The molecule has 0 bridgehead atoms. The van der Waals surface area contributed by atoms with E-state index in [1.54, 1.807) is 23.7 Å². The van der Waals surface area contributed by atoms with Crippen LogP contribution in [-0.2, 0) is 15.4 Å². The van der Waals surface area contributed by atoms with Crippen molar-refractivity contribution in [3.63, 3.8) is 0 Å². The minimum absolute atomic E-state index is 0.0948. The first-order valence-electron chi connectivity index (χ1n) is 5.22. The Labute approximate surface area is 102 Å². The van der Waals surface area contributed by atoms with Gasteiger partial charge in [0.2, 0.25) is 0 Å². The quantitative estimate of drug-likeness (QED) is 0.846. The predicted octanol–water partition coefficient (Wildman–Crippen LogP) is 0.690. The van der Waals surface area contributed by atoms with Crippen LogP contribution >= 0.6 is 0 Å². The molecule has 0 aliphatic rings. The number of rotatable bonds is 2. The standard InChI is InChI=1S/C10H20N4O2S/c1-10(2,3)14-8(11)7(17(6,15)16)9(12-14)13(4)5/h11H2,1-6H3. The number of sulfone groups is 1. The predicted molar refractivity (Wildman–Crippen MR) is 69.1 cm³/mol. The molecule has 1 heterocycles. The van der Waals surface area contributed by atoms with E-state index >= 15 is 0 Å². The van der Waals surface area contributed by atoms with Crippen molar-refractivity contribution < 1.29 is 8.42 Å². The van der Waals surface area contributed by atoms with E-state index < -0.39 is 9.84 Å². The molecule has 2 N–H and O–H groups in total. The highest BCUT2D eigenvalue weighted by molar-refractivity contribution is 7.91. The van der Waals surface area contributed by atoms with Crippen molar-refractivity contribution in [2.24, 2.45) is 0 Å². The molecule has 7 heteroatoms. The minimum atomic E-state index is -3.40. The van der Waals surface area contributed by atoms with Crippen LogP contribution in [0.2, 0.25) is 0 Å². The van der Waals surface area contributed by atoms with Crippen LogP contribution in [-0.4, -0.2) is 38.5 Å². The Morgan fingerprint density at radius 3 is 2.00 bits per heavy atom. The van der Waals surface area contributed by atoms with Gasteiger partial charge in [0, 0.05) is 20.4 Å². The Hall–Kier alpha value is -1.24. The molecule has 0 radical (unpaired) electrons. The fourth-order valence-electron chi connectivity index (χ4n) is 1.56. The third kappa shape index (κ3) is 2.54. The topological polar surface area (TPSA) is 81.2 Å². The molecule has 17 heavy (non-hydrogen) atoms. The number of aromatic nitrogens is 2. The van der Waals surface area contributed by atoms with Crippen molar-refractivity contribution in [3.05, 3.63) is 0 Å². The van der Waals surface area contributed by atoms with Crippen LogP contribution in [0, 0.1) is 0 Å². The summed E-state index contributed by atoms with van der Waals surface area (Å²) in [5.41, 5.74) is 5.55. The van der Waals surface area contributed by atoms with Gasteiger partial charge in [0.15, 0.2) is 20.6 Å². The lowest BCUT2D eigenvalue weighted by atomic mass is 10.1. The van der Waals surface area contributed by atoms with Gasteiger partial charge in [-0.1, -0.05) is 0 Å². The molecule has 0 aromatic carbocycles. The van der Waals surface area contributed by atoms with E-state index in [4.69, 9.17) is 5.73 Å². The fourth-order valence-corrected chi connectivity index (χ4v) is 2.59. The van der Waals surface area contributed by atoms with Gasteiger partial charge in [-0.05, 0) is 20.8 Å². The first-order chi connectivity index (χ1) is 7.46. The third-order valence-corrected chi connectivity index (χ3v) is 3.42. The van der Waals surface area contributed by atoms with Gasteiger partial charge in [0.05, 0.1) is 5.54 Å². The van der Waals surface area contributed by atoms with Gasteiger partial charge in [0.1, 0.15) is 5.82 Å². The molecule has 98 valence electrons. The Kier molecular flexibility index (Phi) is 3.17. The van der Waals surface area contributed by atoms with Gasteiger partial charge < -0.3 is 10.6 Å². The third-order valence-electron chi connectivity index (χ3n) is 2.29. The average Bonchev–Trinajstić information content (AvgIpc) is 2.40. The second kappa shape index (κ2) is 3.90. The highest BCUT2D eigenvalue weighted by atomic mass is 32.2. The SMILES string of the molecule is CN(C)c1nn(C(C)(C)C)c(N)c1S(C)(=O)=O. The number of hydrogen-bond acceptors (Lipinski definition) is 5. The van der Waals surface area contributed by atoms with E-state index in [9.17, 15) is 8.42 Å². The first kappa shape index (κ1) is 13.8. The molecule has 1 rings (SSSR count). The van der Waals surface area contributed by atoms with Gasteiger partial charge >= 0.3 is 0 Å². The molecule has 0 amide bonds. The lowest BCUT2D eigenvalue weighted by Gasteiger charge is -2.20. The van der Waals surface area contributed by atoms with Crippen molar-refractivity contribution in [3.8, 4) is 0 Å². The lowest BCUT2D eigenvalue weighted by Crippen LogP contribution is -2.25. The molecule has 1 aromatic heterocycles. The van der Waals surface area contributed by atoms with Crippen molar-refractivity contribution in [1.29, 1.82) is 0 Å². The van der Waals surface area contributed by atoms with E-state index in [-0.39, 0.29) is 16.3 Å². The van der Waals surface area contributed by atoms with Crippen molar-refractivity contribution in [2.75, 3.05) is 31.0 Å². The van der Waals surface area contributed by atoms with Crippen LogP contribution < -0.4 is 10.6 Å². The largest absolute Gasteiger partial charge is 0.383 e. The first-order valence-corrected chi connectivity index (χ1v) is 7.11. The van der Waals surface area contributed by atoms with E-state index in [1.165, 1.54) is 0 Å². The van der Waals surface area contributed by atoms with Crippen molar-refractivity contribution >= 4 is 21.5 Å². The molecule has 1 aromatic rings. The van der Waals surface area contributed by atoms with Gasteiger partial charge in [-0.15, -0.1) is 0 Å². The summed E-state index contributed by atoms with van der Waals surface area (Å²) in [5, 5.41) is 4.29. The summed E-state index contributed by atoms with van der Waals surface area (Å²) in [6.07, 6.45) is 1.14. The fraction of sp³-hybridized carbons (Fsp3) is 0.700. The van der Waals surface area contributed by atoms with E-state index in [0.29, 0.717) is 5.82 Å². The van der Waals surface area contributed by atoms with Crippen LogP contribution in [0.15, 0.2) is 4.90 Å². The second-order valence-electron chi connectivity index (χ2n) is 5.29. The Balaban J connectivity index is 3.65. The molecule has 0 saturated heterocycles. The van der Waals surface area contributed by atoms with Crippen LogP contribution in [0.3, 0.4) is 0 Å². The number of nitrogen functional groups attached to an aromatic ring is 1. The number of nitrogens with zero attached hydrogens (tertiary/aromatic N) is 3. The zero-order valence-electron chi connectivity index (χ0n) is 11.1. The van der Waals surface area contributed by atoms with Gasteiger partial charge in [-0.3, -0.25) is 0 Å². The van der Waals surface area contributed by atoms with Gasteiger partial charge in [0.25, 0.3) is 0 Å². The van der Waals surface area contributed by atoms with Crippen LogP contribution in [0.4, 0.5) is 11.6 Å². The Morgan fingerprint density at radius 2 is 1.76 bits per heavy atom. The minimum Gasteiger partial charge on any atom is -0.383 e. The molecular weight excluding hydrogens is 240 g/mol. The van der Waals surface area contributed by atoms with Crippen LogP contribution in [0.25, 0.3) is 0 Å². The molecule has 0 aliphatic heterocycles. The zero-order chi connectivity index (χ0) is 13.6. The van der Waals surface area contributed by atoms with E-state index in [0.717, 1.165) is 6.26 Å². The number of nitrogens with two attached hydrogens (primary N) is 1. The Morgan fingerprint density at radius 1 is 1.29 bits per heavy atom. The van der Waals surface area contributed by atoms with Crippen molar-refractivity contribution in [2.45, 2.75) is 31.2 Å². The number of anilines is 2. The molecule has 0 atom stereocenters. The molecule has 0 saturated carbocycles. The summed E-state index contributed by atoms with van der Waals surface area (Å²) in [6.45, 7) is 5.76. The summed E-state index contributed by atoms with van der Waals surface area (Å²) >= 11 is 0. The second-order valence-corrected chi connectivity index (χ2v) is 7.24. The summed E-state index contributed by atoms with van der Waals surface area (Å²) in [5.74, 6) is 0.559. The van der Waals surface area contributed by atoms with Crippen LogP contribution in [0.5, 0.6) is 0 Å². The maximum Gasteiger partial charge on any atom is 0.182 e. The average molecular weight is 260 g/mol. The monoisotopic (exact) mass is 260 g/mol. The summed E-state index contributed by atoms with van der Waals surface area (Å²) in [4.78, 5) is 1.74. The lowest BCUT2D eigenvalue weighted by molar-refractivity contribution is 0.361. The normalized spacial score (nSPS) is 12.8. The highest BCUT2D eigenvalue weighted by Crippen LogP contribution is 2.32. The molecule has 0 spiro atoms. The van der Waals surface area contributed by atoms with E-state index in [1.807, 2.05) is 20.8 Å². The maximum absolute atomic E-state index is 11.8. The summed E-state index contributed by atoms with van der Waals surface area (Å²) in [7, 11) is 0.0805. The van der Waals surface area contributed by atoms with E-state index in [2.05, 4.69) is 5.10 Å². The summed E-state index contributed by atoms with van der Waals surface area (Å²) < 4.78 is 25.1. The molecule has 0 fully saturated rings. The maximum atomic E-state index is 11.8. The van der Waals surface area contributed by atoms with Crippen molar-refractivity contribution in [1.82, 2.24) is 9.78 Å².